The summed E-state index contributed by atoms with van der Waals surface area (Å²) in [5, 5.41) is 8.48. The molecule has 1 rings (SSSR count). The van der Waals surface area contributed by atoms with E-state index in [1.165, 1.54) is 0 Å². The topological polar surface area (TPSA) is 53.1 Å². The molecule has 0 saturated carbocycles. The minimum Gasteiger partial charge on any atom is -0.481 e. The van der Waals surface area contributed by atoms with Gasteiger partial charge in [-0.25, -0.2) is 0 Å². The lowest BCUT2D eigenvalue weighted by Gasteiger charge is -1.94. The lowest BCUT2D eigenvalue weighted by molar-refractivity contribution is -0.136. The van der Waals surface area contributed by atoms with E-state index in [2.05, 4.69) is 4.98 Å². The Morgan fingerprint density at radius 2 is 2.27 bits per heavy atom. The van der Waals surface area contributed by atoms with Crippen LogP contribution in [0.4, 0.5) is 0 Å². The van der Waals surface area contributed by atoms with Crippen LogP contribution in [0.1, 0.15) is 16.8 Å². The van der Waals surface area contributed by atoms with E-state index < -0.39 is 5.97 Å². The van der Waals surface area contributed by atoms with Crippen molar-refractivity contribution in [3.8, 4) is 0 Å². The zero-order valence-corrected chi connectivity index (χ0v) is 6.64. The van der Waals surface area contributed by atoms with Crippen LogP contribution in [-0.4, -0.2) is 16.1 Å². The van der Waals surface area contributed by atoms with Gasteiger partial charge < -0.3 is 10.1 Å². The van der Waals surface area contributed by atoms with Crippen LogP contribution in [0, 0.1) is 13.8 Å². The molecule has 3 heteroatoms. The van der Waals surface area contributed by atoms with Crippen molar-refractivity contribution in [1.82, 2.24) is 4.98 Å². The third-order valence-corrected chi connectivity index (χ3v) is 1.84. The fourth-order valence-electron chi connectivity index (χ4n) is 0.985. The van der Waals surface area contributed by atoms with Gasteiger partial charge in [0.25, 0.3) is 0 Å². The summed E-state index contributed by atoms with van der Waals surface area (Å²) in [6.07, 6.45) is 1.91. The summed E-state index contributed by atoms with van der Waals surface area (Å²) in [5.74, 6) is -0.796. The van der Waals surface area contributed by atoms with E-state index in [9.17, 15) is 4.79 Å². The SMILES string of the molecule is Cc1c[nH]c(CC(=O)O)c1C. The molecule has 11 heavy (non-hydrogen) atoms. The van der Waals surface area contributed by atoms with E-state index in [0.29, 0.717) is 0 Å². The molecule has 1 heterocycles. The standard InChI is InChI=1S/C8H11NO2/c1-5-4-9-7(6(5)2)3-8(10)11/h4,9H,3H2,1-2H3,(H,10,11). The number of carboxylic acids is 1. The lowest BCUT2D eigenvalue weighted by Crippen LogP contribution is -2.01. The Balaban J connectivity index is 2.87. The van der Waals surface area contributed by atoms with Gasteiger partial charge in [-0.05, 0) is 25.0 Å². The highest BCUT2D eigenvalue weighted by atomic mass is 16.4. The Morgan fingerprint density at radius 3 is 2.64 bits per heavy atom. The number of rotatable bonds is 2. The van der Waals surface area contributed by atoms with Crippen LogP contribution in [0.3, 0.4) is 0 Å². The highest BCUT2D eigenvalue weighted by Crippen LogP contribution is 2.11. The molecule has 1 aromatic rings. The summed E-state index contributed by atoms with van der Waals surface area (Å²) in [7, 11) is 0. The largest absolute Gasteiger partial charge is 0.481 e. The van der Waals surface area contributed by atoms with Crippen LogP contribution >= 0.6 is 0 Å². The van der Waals surface area contributed by atoms with Crippen molar-refractivity contribution in [1.29, 1.82) is 0 Å². The number of aromatic amines is 1. The average Bonchev–Trinajstić information content (AvgIpc) is 2.18. The zero-order valence-electron chi connectivity index (χ0n) is 6.64. The highest BCUT2D eigenvalue weighted by molar-refractivity contribution is 5.70. The molecule has 0 aliphatic carbocycles. The van der Waals surface area contributed by atoms with Crippen LogP contribution in [0.15, 0.2) is 6.20 Å². The third kappa shape index (κ3) is 1.61. The molecule has 0 amide bonds. The van der Waals surface area contributed by atoms with E-state index in [4.69, 9.17) is 5.11 Å². The number of hydrogen-bond donors (Lipinski definition) is 2. The first kappa shape index (κ1) is 7.85. The van der Waals surface area contributed by atoms with Crippen molar-refractivity contribution in [3.63, 3.8) is 0 Å². The number of aliphatic carboxylic acids is 1. The van der Waals surface area contributed by atoms with Gasteiger partial charge in [-0.15, -0.1) is 0 Å². The van der Waals surface area contributed by atoms with Crippen molar-refractivity contribution in [2.24, 2.45) is 0 Å². The van der Waals surface area contributed by atoms with Crippen molar-refractivity contribution >= 4 is 5.97 Å². The predicted molar refractivity (Wildman–Crippen MR) is 41.6 cm³/mol. The minimum atomic E-state index is -0.796. The summed E-state index contributed by atoms with van der Waals surface area (Å²) in [6.45, 7) is 3.88. The summed E-state index contributed by atoms with van der Waals surface area (Å²) >= 11 is 0. The third-order valence-electron chi connectivity index (χ3n) is 1.84. The van der Waals surface area contributed by atoms with Gasteiger partial charge in [-0.1, -0.05) is 0 Å². The molecule has 0 bridgehead atoms. The van der Waals surface area contributed by atoms with E-state index in [1.807, 2.05) is 20.0 Å². The number of aromatic nitrogens is 1. The van der Waals surface area contributed by atoms with Gasteiger partial charge in [0, 0.05) is 11.9 Å². The monoisotopic (exact) mass is 153 g/mol. The number of aryl methyl sites for hydroxylation is 1. The lowest BCUT2D eigenvalue weighted by atomic mass is 10.1. The number of nitrogens with one attached hydrogen (secondary N) is 1. The van der Waals surface area contributed by atoms with Crippen LogP contribution in [0.2, 0.25) is 0 Å². The molecule has 0 saturated heterocycles. The zero-order chi connectivity index (χ0) is 8.43. The van der Waals surface area contributed by atoms with Gasteiger partial charge in [-0.3, -0.25) is 4.79 Å². The fraction of sp³-hybridized carbons (Fsp3) is 0.375. The summed E-state index contributed by atoms with van der Waals surface area (Å²) in [4.78, 5) is 13.2. The molecule has 0 aliphatic rings. The van der Waals surface area contributed by atoms with Crippen LogP contribution in [-0.2, 0) is 11.2 Å². The van der Waals surface area contributed by atoms with Crippen molar-refractivity contribution in [2.45, 2.75) is 20.3 Å². The van der Waals surface area contributed by atoms with E-state index in [1.54, 1.807) is 0 Å². The maximum Gasteiger partial charge on any atom is 0.309 e. The van der Waals surface area contributed by atoms with Gasteiger partial charge in [0.15, 0.2) is 0 Å². The van der Waals surface area contributed by atoms with Crippen LogP contribution < -0.4 is 0 Å². The fourth-order valence-corrected chi connectivity index (χ4v) is 0.985. The van der Waals surface area contributed by atoms with Crippen LogP contribution in [0.5, 0.6) is 0 Å². The molecule has 0 aromatic carbocycles. The molecule has 0 aliphatic heterocycles. The molecule has 0 spiro atoms. The Kier molecular flexibility index (Phi) is 1.98. The van der Waals surface area contributed by atoms with E-state index in [0.717, 1.165) is 16.8 Å². The normalized spacial score (nSPS) is 10.0. The summed E-state index contributed by atoms with van der Waals surface area (Å²) in [6, 6.07) is 0. The van der Waals surface area contributed by atoms with Crippen molar-refractivity contribution in [2.75, 3.05) is 0 Å². The summed E-state index contributed by atoms with van der Waals surface area (Å²) in [5.41, 5.74) is 2.96. The Hall–Kier alpha value is -1.25. The molecule has 0 radical (unpaired) electrons. The average molecular weight is 153 g/mol. The number of carbonyl (C=O) groups is 1. The Bertz CT molecular complexity index is 276. The minimum absolute atomic E-state index is 0.0830. The smallest absolute Gasteiger partial charge is 0.309 e. The van der Waals surface area contributed by atoms with Gasteiger partial charge in [0.2, 0.25) is 0 Å². The molecular weight excluding hydrogens is 142 g/mol. The second kappa shape index (κ2) is 2.78. The second-order valence-electron chi connectivity index (χ2n) is 2.65. The first-order chi connectivity index (χ1) is 5.11. The van der Waals surface area contributed by atoms with Gasteiger partial charge in [-0.2, -0.15) is 0 Å². The number of carboxylic acid groups (broad SMARTS) is 1. The second-order valence-corrected chi connectivity index (χ2v) is 2.65. The molecule has 0 atom stereocenters. The summed E-state index contributed by atoms with van der Waals surface area (Å²) < 4.78 is 0. The molecule has 2 N–H and O–H groups in total. The van der Waals surface area contributed by atoms with Crippen molar-refractivity contribution in [3.05, 3.63) is 23.0 Å². The number of hydrogen-bond acceptors (Lipinski definition) is 1. The molecule has 60 valence electrons. The van der Waals surface area contributed by atoms with Gasteiger partial charge in [0.05, 0.1) is 6.42 Å². The first-order valence-electron chi connectivity index (χ1n) is 3.46. The van der Waals surface area contributed by atoms with Gasteiger partial charge >= 0.3 is 5.97 Å². The molecular formula is C8H11NO2. The maximum absolute atomic E-state index is 10.3. The number of H-pyrrole nitrogens is 1. The Morgan fingerprint density at radius 1 is 1.64 bits per heavy atom. The van der Waals surface area contributed by atoms with E-state index in [-0.39, 0.29) is 6.42 Å². The Labute approximate surface area is 65.1 Å². The molecule has 0 unspecified atom stereocenters. The first-order valence-corrected chi connectivity index (χ1v) is 3.46. The van der Waals surface area contributed by atoms with Crippen LogP contribution in [0.25, 0.3) is 0 Å². The van der Waals surface area contributed by atoms with E-state index >= 15 is 0 Å². The highest BCUT2D eigenvalue weighted by Gasteiger charge is 2.06. The molecule has 3 nitrogen and oxygen atoms in total. The van der Waals surface area contributed by atoms with Gasteiger partial charge in [0.1, 0.15) is 0 Å². The molecule has 0 fully saturated rings. The quantitative estimate of drug-likeness (QED) is 0.672. The van der Waals surface area contributed by atoms with Crippen molar-refractivity contribution < 1.29 is 9.90 Å². The predicted octanol–water partition coefficient (Wildman–Crippen LogP) is 1.26. The molecule has 1 aromatic heterocycles. The maximum atomic E-state index is 10.3.